The second kappa shape index (κ2) is 8.75. The van der Waals surface area contributed by atoms with E-state index in [2.05, 4.69) is 21.5 Å². The summed E-state index contributed by atoms with van der Waals surface area (Å²) in [5.41, 5.74) is 1.21. The summed E-state index contributed by atoms with van der Waals surface area (Å²) in [6.07, 6.45) is 1.12. The molecular formula is C16H23N4O3PS. The Morgan fingerprint density at radius 1 is 1.28 bits per heavy atom. The molecule has 0 fully saturated rings. The smallest absolute Gasteiger partial charge is 0.382 e. The number of fused-ring (bicyclic) bond motifs is 1. The van der Waals surface area contributed by atoms with Crippen molar-refractivity contribution >= 4 is 35.0 Å². The molecule has 2 aromatic heterocycles. The van der Waals surface area contributed by atoms with E-state index in [-0.39, 0.29) is 12.2 Å². The van der Waals surface area contributed by atoms with E-state index in [1.54, 1.807) is 33.9 Å². The third kappa shape index (κ3) is 5.50. The molecule has 9 heteroatoms. The first kappa shape index (κ1) is 19.8. The number of nitriles is 1. The molecule has 0 aliphatic carbocycles. The predicted molar refractivity (Wildman–Crippen MR) is 101 cm³/mol. The average molecular weight is 382 g/mol. The molecule has 7 nitrogen and oxygen atoms in total. The molecule has 0 aliphatic heterocycles. The molecule has 0 saturated carbocycles. The minimum absolute atomic E-state index is 0.221. The van der Waals surface area contributed by atoms with Crippen molar-refractivity contribution in [2.75, 3.05) is 18.4 Å². The van der Waals surface area contributed by atoms with Gasteiger partial charge in [-0.25, -0.2) is 14.6 Å². The first-order valence-corrected chi connectivity index (χ1v) is 10.5. The summed E-state index contributed by atoms with van der Waals surface area (Å²) in [6.45, 7) is 8.03. The lowest BCUT2D eigenvalue weighted by Gasteiger charge is -2.23. The monoisotopic (exact) mass is 382 g/mol. The van der Waals surface area contributed by atoms with Crippen molar-refractivity contribution in [3.8, 4) is 6.07 Å². The van der Waals surface area contributed by atoms with Gasteiger partial charge in [0.15, 0.2) is 0 Å². The van der Waals surface area contributed by atoms with Gasteiger partial charge in [-0.2, -0.15) is 5.26 Å². The van der Waals surface area contributed by atoms with Crippen molar-refractivity contribution in [2.45, 2.75) is 39.9 Å². The van der Waals surface area contributed by atoms with Crippen LogP contribution in [-0.4, -0.2) is 30.3 Å². The third-order valence-electron chi connectivity index (χ3n) is 3.05. The second-order valence-electron chi connectivity index (χ2n) is 5.94. The van der Waals surface area contributed by atoms with Gasteiger partial charge in [0.25, 0.3) is 0 Å². The average Bonchev–Trinajstić information content (AvgIpc) is 2.98. The molecule has 0 saturated heterocycles. The van der Waals surface area contributed by atoms with Crippen LogP contribution in [0.15, 0.2) is 17.6 Å². The zero-order valence-electron chi connectivity index (χ0n) is 14.8. The molecular weight excluding hydrogens is 359 g/mol. The van der Waals surface area contributed by atoms with Crippen molar-refractivity contribution in [3.63, 3.8) is 0 Å². The quantitative estimate of drug-likeness (QED) is 0.497. The number of nitrogens with one attached hydrogen (secondary N) is 2. The van der Waals surface area contributed by atoms with Gasteiger partial charge in [-0.15, -0.1) is 11.3 Å². The topological polar surface area (TPSA) is 96.3 Å². The van der Waals surface area contributed by atoms with Crippen LogP contribution in [0.2, 0.25) is 0 Å². The number of hydrogen-bond acceptors (Lipinski definition) is 7. The SMILES string of the molecule is CC(C)OP(=O)(NCCNc1c(C#N)cnc2sccc12)OC(C)C. The Bertz CT molecular complexity index is 786. The number of aromatic nitrogens is 1. The first-order valence-electron chi connectivity index (χ1n) is 8.07. The van der Waals surface area contributed by atoms with Gasteiger partial charge >= 0.3 is 7.75 Å². The molecule has 0 radical (unpaired) electrons. The number of hydrogen-bond donors (Lipinski definition) is 2. The summed E-state index contributed by atoms with van der Waals surface area (Å²) in [5, 5.41) is 18.2. The lowest BCUT2D eigenvalue weighted by atomic mass is 10.2. The molecule has 0 unspecified atom stereocenters. The zero-order chi connectivity index (χ0) is 18.4. The number of thiophene rings is 1. The van der Waals surface area contributed by atoms with Crippen molar-refractivity contribution in [2.24, 2.45) is 0 Å². The second-order valence-corrected chi connectivity index (χ2v) is 8.57. The fourth-order valence-electron chi connectivity index (χ4n) is 2.23. The molecule has 0 atom stereocenters. The van der Waals surface area contributed by atoms with Gasteiger partial charge in [0.2, 0.25) is 0 Å². The molecule has 2 rings (SSSR count). The van der Waals surface area contributed by atoms with E-state index in [1.165, 1.54) is 11.3 Å². The lowest BCUT2D eigenvalue weighted by Crippen LogP contribution is -2.25. The Morgan fingerprint density at radius 3 is 2.56 bits per heavy atom. The van der Waals surface area contributed by atoms with Crippen molar-refractivity contribution < 1.29 is 13.6 Å². The molecule has 2 aromatic rings. The van der Waals surface area contributed by atoms with Crippen LogP contribution in [0.4, 0.5) is 5.69 Å². The summed E-state index contributed by atoms with van der Waals surface area (Å²) >= 11 is 1.52. The van der Waals surface area contributed by atoms with E-state index in [4.69, 9.17) is 9.05 Å². The number of pyridine rings is 1. The van der Waals surface area contributed by atoms with Gasteiger partial charge in [-0.3, -0.25) is 9.05 Å². The number of nitrogens with zero attached hydrogens (tertiary/aromatic N) is 2. The summed E-state index contributed by atoms with van der Waals surface area (Å²) in [4.78, 5) is 5.13. The fourth-order valence-corrected chi connectivity index (χ4v) is 4.67. The van der Waals surface area contributed by atoms with Crippen LogP contribution in [-0.2, 0) is 13.6 Å². The molecule has 0 amide bonds. The molecule has 0 bridgehead atoms. The summed E-state index contributed by atoms with van der Waals surface area (Å²) in [7, 11) is -3.37. The fraction of sp³-hybridized carbons (Fsp3) is 0.500. The van der Waals surface area contributed by atoms with Crippen LogP contribution in [0, 0.1) is 11.3 Å². The van der Waals surface area contributed by atoms with Crippen molar-refractivity contribution in [1.82, 2.24) is 10.1 Å². The maximum absolute atomic E-state index is 12.7. The molecule has 2 N–H and O–H groups in total. The van der Waals surface area contributed by atoms with E-state index in [0.29, 0.717) is 18.7 Å². The van der Waals surface area contributed by atoms with Gasteiger partial charge in [-0.05, 0) is 39.1 Å². The zero-order valence-corrected chi connectivity index (χ0v) is 16.5. The van der Waals surface area contributed by atoms with E-state index >= 15 is 0 Å². The normalized spacial score (nSPS) is 12.0. The van der Waals surface area contributed by atoms with Gasteiger partial charge < -0.3 is 5.32 Å². The largest absolute Gasteiger partial charge is 0.406 e. The van der Waals surface area contributed by atoms with Crippen LogP contribution in [0.25, 0.3) is 10.2 Å². The van der Waals surface area contributed by atoms with Gasteiger partial charge in [0.05, 0.1) is 23.5 Å². The molecule has 136 valence electrons. The van der Waals surface area contributed by atoms with Crippen LogP contribution in [0.1, 0.15) is 33.3 Å². The number of rotatable bonds is 9. The summed E-state index contributed by atoms with van der Waals surface area (Å²) < 4.78 is 23.6. The summed E-state index contributed by atoms with van der Waals surface area (Å²) in [5.74, 6) is 0. The maximum atomic E-state index is 12.7. The maximum Gasteiger partial charge on any atom is 0.406 e. The van der Waals surface area contributed by atoms with E-state index in [0.717, 1.165) is 15.9 Å². The van der Waals surface area contributed by atoms with E-state index in [1.807, 2.05) is 11.4 Å². The van der Waals surface area contributed by atoms with Gasteiger partial charge in [-0.1, -0.05) is 0 Å². The Labute approximate surface area is 151 Å². The van der Waals surface area contributed by atoms with Gasteiger partial charge in [0, 0.05) is 24.7 Å². The predicted octanol–water partition coefficient (Wildman–Crippen LogP) is 4.13. The summed E-state index contributed by atoms with van der Waals surface area (Å²) in [6, 6.07) is 4.07. The molecule has 2 heterocycles. The van der Waals surface area contributed by atoms with Crippen LogP contribution < -0.4 is 10.4 Å². The highest BCUT2D eigenvalue weighted by molar-refractivity contribution is 7.51. The highest BCUT2D eigenvalue weighted by atomic mass is 32.1. The molecule has 25 heavy (non-hydrogen) atoms. The van der Waals surface area contributed by atoms with E-state index < -0.39 is 7.75 Å². The van der Waals surface area contributed by atoms with Gasteiger partial charge in [0.1, 0.15) is 10.9 Å². The Morgan fingerprint density at radius 2 is 1.96 bits per heavy atom. The highest BCUT2D eigenvalue weighted by Crippen LogP contribution is 2.45. The highest BCUT2D eigenvalue weighted by Gasteiger charge is 2.27. The lowest BCUT2D eigenvalue weighted by molar-refractivity contribution is 0.136. The number of anilines is 1. The molecule has 0 aliphatic rings. The van der Waals surface area contributed by atoms with Crippen molar-refractivity contribution in [3.05, 3.63) is 23.2 Å². The van der Waals surface area contributed by atoms with Crippen LogP contribution in [0.5, 0.6) is 0 Å². The molecule has 0 spiro atoms. The Kier molecular flexibility index (Phi) is 6.94. The minimum Gasteiger partial charge on any atom is -0.382 e. The van der Waals surface area contributed by atoms with E-state index in [9.17, 15) is 9.83 Å². The Hall–Kier alpha value is -1.49. The molecule has 0 aromatic carbocycles. The third-order valence-corrected chi connectivity index (χ3v) is 5.88. The standard InChI is InChI=1S/C16H23N4O3PS/c1-11(2)22-24(21,23-12(3)4)20-7-6-18-15-13(9-17)10-19-16-14(15)5-8-25-16/h5,8,10-12H,6-7H2,1-4H3,(H,18,19)(H,20,21). The first-order chi connectivity index (χ1) is 11.8. The minimum atomic E-state index is -3.37. The van der Waals surface area contributed by atoms with Crippen LogP contribution >= 0.6 is 19.1 Å². The van der Waals surface area contributed by atoms with Crippen molar-refractivity contribution in [1.29, 1.82) is 5.26 Å². The van der Waals surface area contributed by atoms with Crippen LogP contribution in [0.3, 0.4) is 0 Å². The Balaban J connectivity index is 2.01.